The van der Waals surface area contributed by atoms with Gasteiger partial charge in [0.1, 0.15) is 17.9 Å². The number of carbonyl (C=O) groups excluding carboxylic acids is 1. The number of carbonyl (C=O) groups is 2. The highest BCUT2D eigenvalue weighted by molar-refractivity contribution is 5.92. The first-order valence-corrected chi connectivity index (χ1v) is 18.3. The second-order valence-electron chi connectivity index (χ2n) is 13.0. The number of benzene rings is 4. The van der Waals surface area contributed by atoms with Crippen LogP contribution in [-0.2, 0) is 32.2 Å². The number of nitrogens with one attached hydrogen (secondary N) is 1. The summed E-state index contributed by atoms with van der Waals surface area (Å²) in [4.78, 5) is 26.9. The molecule has 2 atom stereocenters. The molecule has 298 valence electrons. The van der Waals surface area contributed by atoms with Crippen LogP contribution in [-0.4, -0.2) is 96.2 Å². The summed E-state index contributed by atoms with van der Waals surface area (Å²) in [5.74, 6) is -2.28. The van der Waals surface area contributed by atoms with Crippen LogP contribution in [0.25, 0.3) is 12.2 Å². The molecule has 6 rings (SSSR count). The summed E-state index contributed by atoms with van der Waals surface area (Å²) < 4.78 is 37.1. The molecule has 11 nitrogen and oxygen atoms in total. The minimum absolute atomic E-state index is 0.222. The average molecular weight is 773 g/mol. The zero-order valence-electron chi connectivity index (χ0n) is 31.2. The molecule has 13 heteroatoms. The van der Waals surface area contributed by atoms with Gasteiger partial charge < -0.3 is 35.8 Å². The van der Waals surface area contributed by atoms with Gasteiger partial charge >= 0.3 is 5.97 Å². The van der Waals surface area contributed by atoms with E-state index in [0.717, 1.165) is 88.5 Å². The van der Waals surface area contributed by atoms with E-state index < -0.39 is 24.1 Å². The maximum absolute atomic E-state index is 13.6. The van der Waals surface area contributed by atoms with E-state index in [0.29, 0.717) is 5.56 Å². The molecule has 0 aliphatic carbocycles. The van der Waals surface area contributed by atoms with Crippen molar-refractivity contribution in [1.82, 2.24) is 15.1 Å². The van der Waals surface area contributed by atoms with Crippen molar-refractivity contribution in [2.24, 2.45) is 5.73 Å². The van der Waals surface area contributed by atoms with E-state index >= 15 is 0 Å². The Labute approximate surface area is 326 Å². The van der Waals surface area contributed by atoms with Gasteiger partial charge in [-0.15, -0.1) is 0 Å². The van der Waals surface area contributed by atoms with E-state index in [1.54, 1.807) is 30.3 Å². The Balaban J connectivity index is 0.000000209. The lowest BCUT2D eigenvalue weighted by Gasteiger charge is -2.27. The number of aliphatic hydroxyl groups is 2. The average Bonchev–Trinajstić information content (AvgIpc) is 3.21. The van der Waals surface area contributed by atoms with Gasteiger partial charge in [0.2, 0.25) is 5.91 Å². The lowest BCUT2D eigenvalue weighted by atomic mass is 10.0. The van der Waals surface area contributed by atoms with Gasteiger partial charge in [0.05, 0.1) is 39.1 Å². The molecule has 0 spiro atoms. The van der Waals surface area contributed by atoms with Crippen molar-refractivity contribution in [2.75, 3.05) is 59.2 Å². The van der Waals surface area contributed by atoms with Crippen molar-refractivity contribution in [3.63, 3.8) is 0 Å². The second kappa shape index (κ2) is 23.7. The molecule has 2 saturated heterocycles. The zero-order valence-corrected chi connectivity index (χ0v) is 31.2. The number of halogens is 2. The van der Waals surface area contributed by atoms with Gasteiger partial charge in [-0.2, -0.15) is 0 Å². The van der Waals surface area contributed by atoms with Crippen molar-refractivity contribution >= 4 is 24.0 Å². The molecular weight excluding hydrogens is 722 g/mol. The van der Waals surface area contributed by atoms with Crippen LogP contribution in [0.5, 0.6) is 0 Å². The molecule has 0 radical (unpaired) electrons. The van der Waals surface area contributed by atoms with Crippen LogP contribution in [0.2, 0.25) is 0 Å². The molecule has 2 heterocycles. The number of carboxylic acids is 1. The SMILES string of the molecule is N[C@@H](O)c1cccc(CN2CCOCC2)c1.O=C(/C=C/c1ccccc1F)N[C@@H](CO)c1cccc(CN2CCOCC2)c1.O=C(O)/C=C/c1ccccc1F. The molecule has 56 heavy (non-hydrogen) atoms. The monoisotopic (exact) mass is 772 g/mol. The van der Waals surface area contributed by atoms with E-state index in [1.165, 1.54) is 42.0 Å². The van der Waals surface area contributed by atoms with Gasteiger partial charge in [0, 0.05) is 62.5 Å². The van der Waals surface area contributed by atoms with Gasteiger partial charge in [-0.25, -0.2) is 13.6 Å². The summed E-state index contributed by atoms with van der Waals surface area (Å²) >= 11 is 0. The lowest BCUT2D eigenvalue weighted by Crippen LogP contribution is -2.35. The van der Waals surface area contributed by atoms with Crippen LogP contribution >= 0.6 is 0 Å². The number of nitrogens with two attached hydrogens (primary N) is 1. The fourth-order valence-corrected chi connectivity index (χ4v) is 5.82. The Morgan fingerprint density at radius 2 is 1.18 bits per heavy atom. The first-order chi connectivity index (χ1) is 27.1. The number of hydrogen-bond acceptors (Lipinski definition) is 9. The van der Waals surface area contributed by atoms with E-state index in [9.17, 15) is 28.6 Å². The Morgan fingerprint density at radius 1 is 0.714 bits per heavy atom. The first-order valence-electron chi connectivity index (χ1n) is 18.3. The predicted octanol–water partition coefficient (Wildman–Crippen LogP) is 4.91. The van der Waals surface area contributed by atoms with Gasteiger partial charge in [-0.1, -0.05) is 84.9 Å². The maximum Gasteiger partial charge on any atom is 0.328 e. The van der Waals surface area contributed by atoms with E-state index in [-0.39, 0.29) is 23.9 Å². The number of morpholine rings is 2. The molecule has 2 aliphatic rings. The maximum atomic E-state index is 13.6. The standard InChI is InChI=1S/C22H25FN2O3.C12H18N2O2.C9H7FO2/c23-20-7-2-1-5-18(20)8-9-22(27)24-21(16-26)19-6-3-4-17(14-19)15-25-10-12-28-13-11-25;13-12(15)11-3-1-2-10(8-11)9-14-4-6-16-7-5-14;10-8-4-2-1-3-7(8)5-6-9(11)12/h1-9,14,21,26H,10-13,15-16H2,(H,24,27);1-3,8,12,15H,4-7,9,13H2;1-6H,(H,11,12)/b9-8+;;6-5+/t21-;12-;/m00./s1. The molecule has 2 fully saturated rings. The highest BCUT2D eigenvalue weighted by Gasteiger charge is 2.15. The smallest absolute Gasteiger partial charge is 0.328 e. The minimum atomic E-state index is -1.08. The zero-order chi connectivity index (χ0) is 40.1. The van der Waals surface area contributed by atoms with Crippen molar-refractivity contribution in [3.8, 4) is 0 Å². The molecule has 0 unspecified atom stereocenters. The summed E-state index contributed by atoms with van der Waals surface area (Å²) in [5, 5.41) is 30.1. The first kappa shape index (κ1) is 43.6. The number of amides is 1. The molecule has 6 N–H and O–H groups in total. The Hall–Kier alpha value is -5.12. The van der Waals surface area contributed by atoms with Crippen molar-refractivity contribution in [2.45, 2.75) is 25.4 Å². The topological polar surface area (TPSA) is 158 Å². The third-order valence-corrected chi connectivity index (χ3v) is 8.79. The third-order valence-electron chi connectivity index (χ3n) is 8.79. The number of carboxylic acid groups (broad SMARTS) is 1. The predicted molar refractivity (Wildman–Crippen MR) is 211 cm³/mol. The highest BCUT2D eigenvalue weighted by atomic mass is 19.1. The van der Waals surface area contributed by atoms with Crippen LogP contribution < -0.4 is 11.1 Å². The van der Waals surface area contributed by atoms with E-state index in [4.69, 9.17) is 20.3 Å². The third kappa shape index (κ3) is 15.6. The summed E-state index contributed by atoms with van der Waals surface area (Å²) in [7, 11) is 0. The molecular formula is C43H50F2N4O7. The Bertz CT molecular complexity index is 1880. The fourth-order valence-electron chi connectivity index (χ4n) is 5.82. The quantitative estimate of drug-likeness (QED) is 0.0991. The molecule has 0 saturated carbocycles. The molecule has 1 amide bonds. The van der Waals surface area contributed by atoms with Crippen molar-refractivity contribution in [1.29, 1.82) is 0 Å². The van der Waals surface area contributed by atoms with Gasteiger partial charge in [0.15, 0.2) is 0 Å². The lowest BCUT2D eigenvalue weighted by molar-refractivity contribution is -0.131. The summed E-state index contributed by atoms with van der Waals surface area (Å²) in [6.07, 6.45) is 3.94. The number of rotatable bonds is 12. The molecule has 0 aromatic heterocycles. The normalized spacial score (nSPS) is 15.9. The molecule has 2 aliphatic heterocycles. The van der Waals surface area contributed by atoms with E-state index in [1.807, 2.05) is 42.5 Å². The van der Waals surface area contributed by atoms with E-state index in [2.05, 4.69) is 21.2 Å². The minimum Gasteiger partial charge on any atom is -0.478 e. The van der Waals surface area contributed by atoms with Crippen molar-refractivity contribution in [3.05, 3.63) is 154 Å². The number of hydrogen-bond donors (Lipinski definition) is 5. The number of ether oxygens (including phenoxy) is 2. The summed E-state index contributed by atoms with van der Waals surface area (Å²) in [5.41, 5.74) is 9.96. The Morgan fingerprint density at radius 3 is 1.64 bits per heavy atom. The van der Waals surface area contributed by atoms with Crippen LogP contribution in [0.4, 0.5) is 8.78 Å². The second-order valence-corrected chi connectivity index (χ2v) is 13.0. The van der Waals surface area contributed by atoms with Crippen LogP contribution in [0.1, 0.15) is 45.7 Å². The van der Waals surface area contributed by atoms with Crippen LogP contribution in [0.3, 0.4) is 0 Å². The van der Waals surface area contributed by atoms with Gasteiger partial charge in [0.25, 0.3) is 0 Å². The number of aliphatic carboxylic acids is 1. The van der Waals surface area contributed by atoms with Gasteiger partial charge in [-0.05, 0) is 46.5 Å². The van der Waals surface area contributed by atoms with Crippen LogP contribution in [0, 0.1) is 11.6 Å². The number of aliphatic hydroxyl groups excluding tert-OH is 2. The fraction of sp³-hybridized carbons (Fsp3) is 0.302. The molecule has 4 aromatic carbocycles. The number of nitrogens with zero attached hydrogens (tertiary/aromatic N) is 2. The summed E-state index contributed by atoms with van der Waals surface area (Å²) in [6.45, 7) is 8.28. The van der Waals surface area contributed by atoms with Crippen molar-refractivity contribution < 1.29 is 43.2 Å². The van der Waals surface area contributed by atoms with Gasteiger partial charge in [-0.3, -0.25) is 14.6 Å². The highest BCUT2D eigenvalue weighted by Crippen LogP contribution is 2.17. The largest absolute Gasteiger partial charge is 0.478 e. The van der Waals surface area contributed by atoms with Crippen LogP contribution in [0.15, 0.2) is 109 Å². The molecule has 4 aromatic rings. The summed E-state index contributed by atoms with van der Waals surface area (Å²) in [6, 6.07) is 27.3. The molecule has 0 bridgehead atoms. The Kier molecular flexibility index (Phi) is 18.5.